The minimum Gasteiger partial charge on any atom is -0.491 e. The SMILES string of the molecule is COCC1(COc2cc3c(cc2Cl)-c2cc(=O)c(C(=O)O)cn2[C@H](C(C)(C)C)C3)COC1. The van der Waals surface area contributed by atoms with Crippen molar-refractivity contribution < 1.29 is 24.1 Å². The molecular weight excluding hydrogens is 434 g/mol. The molecule has 8 heteroatoms. The summed E-state index contributed by atoms with van der Waals surface area (Å²) in [6.45, 7) is 8.44. The highest BCUT2D eigenvalue weighted by atomic mass is 35.5. The average molecular weight is 462 g/mol. The van der Waals surface area contributed by atoms with Crippen LogP contribution in [-0.2, 0) is 15.9 Å². The van der Waals surface area contributed by atoms with Gasteiger partial charge in [-0.15, -0.1) is 0 Å². The lowest BCUT2D eigenvalue weighted by atomic mass is 9.79. The maximum Gasteiger partial charge on any atom is 0.341 e. The smallest absolute Gasteiger partial charge is 0.341 e. The van der Waals surface area contributed by atoms with Gasteiger partial charge in [0.2, 0.25) is 0 Å². The van der Waals surface area contributed by atoms with Crippen molar-refractivity contribution in [3.63, 3.8) is 0 Å². The number of fused-ring (bicyclic) bond motifs is 3. The van der Waals surface area contributed by atoms with E-state index in [-0.39, 0.29) is 22.4 Å². The molecule has 3 heterocycles. The van der Waals surface area contributed by atoms with Crippen molar-refractivity contribution in [1.82, 2.24) is 4.57 Å². The molecule has 0 unspecified atom stereocenters. The Morgan fingerprint density at radius 3 is 2.56 bits per heavy atom. The van der Waals surface area contributed by atoms with E-state index in [0.29, 0.717) is 49.3 Å². The van der Waals surface area contributed by atoms with Crippen LogP contribution in [0.25, 0.3) is 11.3 Å². The summed E-state index contributed by atoms with van der Waals surface area (Å²) in [6.07, 6.45) is 2.12. The van der Waals surface area contributed by atoms with Crippen LogP contribution in [0.5, 0.6) is 5.75 Å². The fraction of sp³-hybridized carbons (Fsp3) is 0.500. The molecule has 1 aromatic carbocycles. The number of carboxylic acid groups (broad SMARTS) is 1. The molecule has 1 fully saturated rings. The zero-order valence-corrected chi connectivity index (χ0v) is 19.5. The third-order valence-corrected chi connectivity index (χ3v) is 6.59. The molecule has 0 bridgehead atoms. The van der Waals surface area contributed by atoms with E-state index >= 15 is 0 Å². The predicted octanol–water partition coefficient (Wildman–Crippen LogP) is 4.05. The maximum absolute atomic E-state index is 12.5. The summed E-state index contributed by atoms with van der Waals surface area (Å²) in [5, 5.41) is 9.89. The van der Waals surface area contributed by atoms with E-state index < -0.39 is 11.4 Å². The van der Waals surface area contributed by atoms with Crippen molar-refractivity contribution in [2.24, 2.45) is 10.8 Å². The standard InChI is InChI=1S/C24H28ClNO6/c1-23(2,3)21-6-14-5-20(32-13-24(10-30-4)11-31-12-24)17(25)7-15(14)18-8-19(27)16(22(28)29)9-26(18)21/h5,7-9,21H,6,10-13H2,1-4H3,(H,28,29)/t21-/m0/s1. The van der Waals surface area contributed by atoms with E-state index in [1.807, 2.05) is 10.6 Å². The van der Waals surface area contributed by atoms with Gasteiger partial charge in [-0.05, 0) is 29.5 Å². The Labute approximate surface area is 191 Å². The van der Waals surface area contributed by atoms with E-state index in [1.165, 1.54) is 12.3 Å². The highest BCUT2D eigenvalue weighted by Crippen LogP contribution is 2.45. The Morgan fingerprint density at radius 2 is 2.00 bits per heavy atom. The quantitative estimate of drug-likeness (QED) is 0.698. The molecule has 0 saturated carbocycles. The van der Waals surface area contributed by atoms with E-state index in [2.05, 4.69) is 20.8 Å². The largest absolute Gasteiger partial charge is 0.491 e. The number of carbonyl (C=O) groups is 1. The van der Waals surface area contributed by atoms with Gasteiger partial charge in [0.25, 0.3) is 0 Å². The number of hydrogen-bond donors (Lipinski definition) is 1. The Bertz CT molecular complexity index is 1110. The molecule has 2 aromatic rings. The number of benzene rings is 1. The van der Waals surface area contributed by atoms with Crippen molar-refractivity contribution in [3.05, 3.63) is 50.8 Å². The number of methoxy groups -OCH3 is 1. The lowest BCUT2D eigenvalue weighted by molar-refractivity contribution is -0.159. The van der Waals surface area contributed by atoms with Gasteiger partial charge in [-0.1, -0.05) is 32.4 Å². The van der Waals surface area contributed by atoms with Gasteiger partial charge in [-0.3, -0.25) is 4.79 Å². The van der Waals surface area contributed by atoms with Crippen LogP contribution in [0, 0.1) is 10.8 Å². The number of aromatic nitrogens is 1. The summed E-state index contributed by atoms with van der Waals surface area (Å²) in [6, 6.07) is 5.10. The molecule has 4 rings (SSSR count). The van der Waals surface area contributed by atoms with Gasteiger partial charge >= 0.3 is 5.97 Å². The maximum atomic E-state index is 12.5. The first-order chi connectivity index (χ1) is 15.0. The molecule has 0 amide bonds. The molecule has 2 aliphatic rings. The van der Waals surface area contributed by atoms with Crippen LogP contribution < -0.4 is 10.2 Å². The van der Waals surface area contributed by atoms with Crippen LogP contribution in [0.1, 0.15) is 42.7 Å². The van der Waals surface area contributed by atoms with Crippen molar-refractivity contribution in [2.45, 2.75) is 33.2 Å². The zero-order chi connectivity index (χ0) is 23.3. The van der Waals surface area contributed by atoms with Gasteiger partial charge in [0, 0.05) is 31.0 Å². The van der Waals surface area contributed by atoms with E-state index in [1.54, 1.807) is 13.2 Å². The Kier molecular flexibility index (Phi) is 5.86. The highest BCUT2D eigenvalue weighted by molar-refractivity contribution is 6.32. The van der Waals surface area contributed by atoms with Crippen LogP contribution in [-0.4, -0.2) is 49.2 Å². The minimum atomic E-state index is -1.23. The molecule has 7 nitrogen and oxygen atoms in total. The van der Waals surface area contributed by atoms with E-state index in [0.717, 1.165) is 11.1 Å². The molecule has 1 saturated heterocycles. The Hall–Kier alpha value is -2.35. The number of pyridine rings is 1. The normalized spacial score (nSPS) is 19.0. The van der Waals surface area contributed by atoms with Crippen molar-refractivity contribution >= 4 is 17.6 Å². The average Bonchev–Trinajstić information content (AvgIpc) is 2.68. The van der Waals surface area contributed by atoms with Gasteiger partial charge in [-0.25, -0.2) is 4.79 Å². The number of carboxylic acids is 1. The van der Waals surface area contributed by atoms with Crippen LogP contribution in [0.2, 0.25) is 5.02 Å². The molecule has 0 spiro atoms. The molecule has 0 aliphatic carbocycles. The number of nitrogens with zero attached hydrogens (tertiary/aromatic N) is 1. The van der Waals surface area contributed by atoms with E-state index in [9.17, 15) is 14.7 Å². The van der Waals surface area contributed by atoms with Crippen LogP contribution in [0.4, 0.5) is 0 Å². The second-order valence-corrected chi connectivity index (χ2v) is 10.3. The fourth-order valence-corrected chi connectivity index (χ4v) is 4.68. The van der Waals surface area contributed by atoms with Gasteiger partial charge in [0.05, 0.1) is 36.0 Å². The number of ether oxygens (including phenoxy) is 3. The molecule has 32 heavy (non-hydrogen) atoms. The van der Waals surface area contributed by atoms with Crippen LogP contribution in [0.3, 0.4) is 0 Å². The number of halogens is 1. The molecule has 0 radical (unpaired) electrons. The summed E-state index contributed by atoms with van der Waals surface area (Å²) in [5.74, 6) is -0.645. The summed E-state index contributed by atoms with van der Waals surface area (Å²) in [7, 11) is 1.66. The van der Waals surface area contributed by atoms with Gasteiger partial charge < -0.3 is 23.9 Å². The first-order valence-electron chi connectivity index (χ1n) is 10.6. The molecular formula is C24H28ClNO6. The highest BCUT2D eigenvalue weighted by Gasteiger charge is 2.40. The van der Waals surface area contributed by atoms with Crippen molar-refractivity contribution in [3.8, 4) is 17.0 Å². The Morgan fingerprint density at radius 1 is 1.28 bits per heavy atom. The lowest BCUT2D eigenvalue weighted by Crippen LogP contribution is -2.50. The second kappa shape index (κ2) is 8.21. The minimum absolute atomic E-state index is 0.0439. The molecule has 2 aliphatic heterocycles. The summed E-state index contributed by atoms with van der Waals surface area (Å²) >= 11 is 6.57. The predicted molar refractivity (Wildman–Crippen MR) is 121 cm³/mol. The topological polar surface area (TPSA) is 87.0 Å². The van der Waals surface area contributed by atoms with Crippen molar-refractivity contribution in [2.75, 3.05) is 33.5 Å². The second-order valence-electron chi connectivity index (χ2n) is 9.89. The van der Waals surface area contributed by atoms with Gasteiger partial charge in [0.15, 0.2) is 5.43 Å². The van der Waals surface area contributed by atoms with E-state index in [4.69, 9.17) is 25.8 Å². The van der Waals surface area contributed by atoms with Gasteiger partial charge in [0.1, 0.15) is 17.9 Å². The lowest BCUT2D eigenvalue weighted by Gasteiger charge is -2.41. The Balaban J connectivity index is 1.76. The van der Waals surface area contributed by atoms with Crippen LogP contribution in [0.15, 0.2) is 29.2 Å². The third-order valence-electron chi connectivity index (χ3n) is 6.29. The number of aromatic carboxylic acids is 1. The number of hydrogen-bond acceptors (Lipinski definition) is 5. The monoisotopic (exact) mass is 461 g/mol. The summed E-state index contributed by atoms with van der Waals surface area (Å²) < 4.78 is 18.7. The van der Waals surface area contributed by atoms with Crippen LogP contribution >= 0.6 is 11.6 Å². The molecule has 1 atom stereocenters. The first-order valence-corrected chi connectivity index (χ1v) is 10.9. The summed E-state index contributed by atoms with van der Waals surface area (Å²) in [4.78, 5) is 24.1. The molecule has 1 aromatic heterocycles. The zero-order valence-electron chi connectivity index (χ0n) is 18.7. The molecule has 172 valence electrons. The first kappa shape index (κ1) is 22.8. The fourth-order valence-electron chi connectivity index (χ4n) is 4.46. The third kappa shape index (κ3) is 4.05. The molecule has 1 N–H and O–H groups in total. The summed E-state index contributed by atoms with van der Waals surface area (Å²) in [5.41, 5.74) is 1.39. The number of rotatable bonds is 6. The van der Waals surface area contributed by atoms with Gasteiger partial charge in [-0.2, -0.15) is 0 Å². The van der Waals surface area contributed by atoms with Crippen molar-refractivity contribution in [1.29, 1.82) is 0 Å².